The van der Waals surface area contributed by atoms with Gasteiger partial charge in [0.2, 0.25) is 0 Å². The highest BCUT2D eigenvalue weighted by Gasteiger charge is 2.29. The fourth-order valence-corrected chi connectivity index (χ4v) is 2.65. The Morgan fingerprint density at radius 1 is 1.31 bits per heavy atom. The minimum absolute atomic E-state index is 0.0438. The monoisotopic (exact) mass is 263 g/mol. The fraction of sp³-hybridized carbons (Fsp3) is 0.818. The molecule has 16 heavy (non-hydrogen) atoms. The Bertz CT molecular complexity index is 308. The average molecular weight is 264 g/mol. The van der Waals surface area contributed by atoms with Gasteiger partial charge >= 0.3 is 0 Å². The highest BCUT2D eigenvalue weighted by molar-refractivity contribution is 6.21. The van der Waals surface area contributed by atoms with Crippen LogP contribution in [0.25, 0.3) is 0 Å². The van der Waals surface area contributed by atoms with Crippen LogP contribution < -0.4 is 0 Å². The number of aryl methyl sites for hydroxylation is 1. The number of rotatable bonds is 7. The Kier molecular flexibility index (Phi) is 5.56. The van der Waals surface area contributed by atoms with Crippen LogP contribution in [0.5, 0.6) is 0 Å². The van der Waals surface area contributed by atoms with Crippen LogP contribution in [0.2, 0.25) is 0 Å². The zero-order valence-corrected chi connectivity index (χ0v) is 11.4. The predicted octanol–water partition coefficient (Wildman–Crippen LogP) is 3.10. The molecule has 0 amide bonds. The number of alkyl halides is 2. The summed E-state index contributed by atoms with van der Waals surface area (Å²) in [5, 5.41) is 4.17. The van der Waals surface area contributed by atoms with Crippen LogP contribution in [0.3, 0.4) is 0 Å². The zero-order valence-electron chi connectivity index (χ0n) is 9.92. The van der Waals surface area contributed by atoms with Gasteiger partial charge in [0, 0.05) is 30.1 Å². The molecule has 0 aliphatic carbocycles. The first-order chi connectivity index (χ1) is 7.71. The van der Waals surface area contributed by atoms with Crippen LogP contribution >= 0.6 is 23.2 Å². The van der Waals surface area contributed by atoms with E-state index in [9.17, 15) is 0 Å². The smallest absolute Gasteiger partial charge is 0.138 e. The van der Waals surface area contributed by atoms with E-state index in [0.29, 0.717) is 11.8 Å². The molecule has 0 saturated carbocycles. The molecule has 0 fully saturated rings. The van der Waals surface area contributed by atoms with Gasteiger partial charge in [-0.2, -0.15) is 5.10 Å². The van der Waals surface area contributed by atoms with Gasteiger partial charge < -0.3 is 0 Å². The second kappa shape index (κ2) is 6.45. The molecule has 3 nitrogen and oxygen atoms in total. The predicted molar refractivity (Wildman–Crippen MR) is 68.2 cm³/mol. The Morgan fingerprint density at radius 2 is 2.00 bits per heavy atom. The highest BCUT2D eigenvalue weighted by atomic mass is 35.5. The lowest BCUT2D eigenvalue weighted by Crippen LogP contribution is -2.29. The molecule has 92 valence electrons. The van der Waals surface area contributed by atoms with Gasteiger partial charge in [0.1, 0.15) is 12.2 Å². The minimum atomic E-state index is -0.0438. The van der Waals surface area contributed by atoms with E-state index in [1.165, 1.54) is 0 Å². The summed E-state index contributed by atoms with van der Waals surface area (Å²) in [6, 6.07) is 0. The molecule has 1 aromatic rings. The molecular formula is C11H19Cl2N3. The number of hydrogen-bond acceptors (Lipinski definition) is 2. The Balaban J connectivity index is 2.82. The van der Waals surface area contributed by atoms with Gasteiger partial charge in [-0.3, -0.25) is 4.68 Å². The number of hydrogen-bond donors (Lipinski definition) is 0. The number of nitrogens with zero attached hydrogens (tertiary/aromatic N) is 3. The first-order valence-electron chi connectivity index (χ1n) is 5.70. The second-order valence-corrected chi connectivity index (χ2v) is 4.72. The molecule has 5 heteroatoms. The maximum absolute atomic E-state index is 6.07. The third kappa shape index (κ3) is 3.11. The maximum Gasteiger partial charge on any atom is 0.138 e. The van der Waals surface area contributed by atoms with Gasteiger partial charge in [-0.15, -0.1) is 23.2 Å². The van der Waals surface area contributed by atoms with Crippen LogP contribution in [0.1, 0.15) is 32.5 Å². The average Bonchev–Trinajstić information content (AvgIpc) is 2.75. The first-order valence-corrected chi connectivity index (χ1v) is 6.77. The van der Waals surface area contributed by atoms with Crippen molar-refractivity contribution < 1.29 is 0 Å². The summed E-state index contributed by atoms with van der Waals surface area (Å²) in [7, 11) is 0. The molecule has 1 aromatic heterocycles. The summed E-state index contributed by atoms with van der Waals surface area (Å²) in [5.74, 6) is 2.12. The third-order valence-electron chi connectivity index (χ3n) is 2.88. The van der Waals surface area contributed by atoms with Crippen molar-refractivity contribution in [3.05, 3.63) is 12.2 Å². The summed E-state index contributed by atoms with van der Waals surface area (Å²) in [6.07, 6.45) is 4.51. The van der Waals surface area contributed by atoms with E-state index in [1.54, 1.807) is 6.33 Å². The molecule has 0 N–H and O–H groups in total. The van der Waals surface area contributed by atoms with Gasteiger partial charge in [-0.25, -0.2) is 4.98 Å². The van der Waals surface area contributed by atoms with Gasteiger partial charge in [0.15, 0.2) is 0 Å². The second-order valence-electron chi connectivity index (χ2n) is 4.19. The molecule has 0 aliphatic rings. The molecule has 0 unspecified atom stereocenters. The normalized spacial score (nSPS) is 12.0. The van der Waals surface area contributed by atoms with Crippen molar-refractivity contribution in [1.29, 1.82) is 0 Å². The van der Waals surface area contributed by atoms with Crippen LogP contribution in [0, 0.1) is 5.41 Å². The van der Waals surface area contributed by atoms with E-state index >= 15 is 0 Å². The summed E-state index contributed by atoms with van der Waals surface area (Å²) in [6.45, 7) is 5.04. The van der Waals surface area contributed by atoms with Crippen molar-refractivity contribution in [1.82, 2.24) is 14.8 Å². The van der Waals surface area contributed by atoms with Crippen LogP contribution in [-0.4, -0.2) is 26.5 Å². The van der Waals surface area contributed by atoms with E-state index in [-0.39, 0.29) is 5.41 Å². The third-order valence-corrected chi connectivity index (χ3v) is 4.01. The molecule has 1 rings (SSSR count). The lowest BCUT2D eigenvalue weighted by Gasteiger charge is -2.28. The Morgan fingerprint density at radius 3 is 2.50 bits per heavy atom. The summed E-state index contributed by atoms with van der Waals surface area (Å²) < 4.78 is 1.91. The largest absolute Gasteiger partial charge is 0.250 e. The van der Waals surface area contributed by atoms with Gasteiger partial charge in [-0.1, -0.05) is 13.3 Å². The number of halogens is 2. The Labute approximate surface area is 107 Å². The molecule has 0 bridgehead atoms. The maximum atomic E-state index is 6.07. The molecular weight excluding hydrogens is 245 g/mol. The van der Waals surface area contributed by atoms with Gasteiger partial charge in [-0.05, 0) is 13.3 Å². The standard InChI is InChI=1S/C11H19Cl2N3/c1-3-5-11(7-12,8-13)6-10-14-9-15-16(10)4-2/h9H,3-8H2,1-2H3. The molecule has 0 aromatic carbocycles. The van der Waals surface area contributed by atoms with Crippen molar-refractivity contribution in [2.24, 2.45) is 5.41 Å². The van der Waals surface area contributed by atoms with Crippen molar-refractivity contribution >= 4 is 23.2 Å². The molecule has 0 radical (unpaired) electrons. The lowest BCUT2D eigenvalue weighted by atomic mass is 9.84. The SMILES string of the molecule is CCCC(CCl)(CCl)Cc1ncnn1CC. The van der Waals surface area contributed by atoms with E-state index < -0.39 is 0 Å². The minimum Gasteiger partial charge on any atom is -0.250 e. The summed E-state index contributed by atoms with van der Waals surface area (Å²) in [4.78, 5) is 4.28. The molecule has 1 heterocycles. The molecule has 0 spiro atoms. The zero-order chi connectivity index (χ0) is 12.0. The van der Waals surface area contributed by atoms with Crippen molar-refractivity contribution in [2.75, 3.05) is 11.8 Å². The van der Waals surface area contributed by atoms with Crippen molar-refractivity contribution in [3.8, 4) is 0 Å². The van der Waals surface area contributed by atoms with Crippen molar-refractivity contribution in [2.45, 2.75) is 39.7 Å². The van der Waals surface area contributed by atoms with Crippen LogP contribution in [0.4, 0.5) is 0 Å². The quantitative estimate of drug-likeness (QED) is 0.708. The Hall–Kier alpha value is -0.280. The summed E-state index contributed by atoms with van der Waals surface area (Å²) in [5.41, 5.74) is -0.0438. The first kappa shape index (κ1) is 13.8. The van der Waals surface area contributed by atoms with E-state index in [2.05, 4.69) is 23.9 Å². The topological polar surface area (TPSA) is 30.7 Å². The van der Waals surface area contributed by atoms with E-state index in [4.69, 9.17) is 23.2 Å². The van der Waals surface area contributed by atoms with Gasteiger partial charge in [0.05, 0.1) is 0 Å². The van der Waals surface area contributed by atoms with E-state index in [0.717, 1.165) is 31.6 Å². The molecule has 0 aliphatic heterocycles. The fourth-order valence-electron chi connectivity index (χ4n) is 1.91. The molecule has 0 atom stereocenters. The van der Waals surface area contributed by atoms with Crippen LogP contribution in [0.15, 0.2) is 6.33 Å². The summed E-state index contributed by atoms with van der Waals surface area (Å²) >= 11 is 12.1. The lowest BCUT2D eigenvalue weighted by molar-refractivity contribution is 0.326. The van der Waals surface area contributed by atoms with E-state index in [1.807, 2.05) is 4.68 Å². The highest BCUT2D eigenvalue weighted by Crippen LogP contribution is 2.31. The van der Waals surface area contributed by atoms with Crippen LogP contribution in [-0.2, 0) is 13.0 Å². The van der Waals surface area contributed by atoms with Crippen molar-refractivity contribution in [3.63, 3.8) is 0 Å². The van der Waals surface area contributed by atoms with Gasteiger partial charge in [0.25, 0.3) is 0 Å². The number of aromatic nitrogens is 3. The molecule has 0 saturated heterocycles.